The largest absolute Gasteiger partial charge is 0.421 e. The predicted molar refractivity (Wildman–Crippen MR) is 107 cm³/mol. The molecule has 0 saturated heterocycles. The molecular formula is C20H20FN3O4S. The lowest BCUT2D eigenvalue weighted by molar-refractivity contribution is 0.407. The van der Waals surface area contributed by atoms with Crippen molar-refractivity contribution < 1.29 is 17.5 Å². The highest BCUT2D eigenvalue weighted by molar-refractivity contribution is 7.90. The summed E-state index contributed by atoms with van der Waals surface area (Å²) in [5.74, 6) is -0.968. The molecule has 1 aromatic carbocycles. The normalized spacial score (nSPS) is 11.4. The molecule has 0 aliphatic rings. The fraction of sp³-hybridized carbons (Fsp3) is 0.250. The molecule has 0 radical (unpaired) electrons. The Kier molecular flexibility index (Phi) is 5.78. The molecule has 2 aromatic heterocycles. The second-order valence-electron chi connectivity index (χ2n) is 6.56. The van der Waals surface area contributed by atoms with Crippen LogP contribution in [0.3, 0.4) is 0 Å². The van der Waals surface area contributed by atoms with Crippen LogP contribution in [0, 0.1) is 12.7 Å². The number of para-hydroxylation sites is 1. The monoisotopic (exact) mass is 417 g/mol. The molecule has 3 aromatic rings. The standard InChI is InChI=1S/C20H20FN3O4S/c1-4-29(26,27)12-15-10-17(14-8-9-18(25)24(3)11-14)23-20(22-15)28-19-13(2)6-5-7-16(19)21/h5-11H,4,12H2,1-3H3. The van der Waals surface area contributed by atoms with Crippen molar-refractivity contribution in [2.45, 2.75) is 19.6 Å². The topological polar surface area (TPSA) is 91.2 Å². The Balaban J connectivity index is 2.12. The summed E-state index contributed by atoms with van der Waals surface area (Å²) in [6.45, 7) is 3.22. The van der Waals surface area contributed by atoms with E-state index in [0.29, 0.717) is 16.8 Å². The first-order valence-electron chi connectivity index (χ1n) is 8.87. The maximum atomic E-state index is 14.2. The average molecular weight is 417 g/mol. The van der Waals surface area contributed by atoms with Crippen LogP contribution >= 0.6 is 0 Å². The summed E-state index contributed by atoms with van der Waals surface area (Å²) >= 11 is 0. The summed E-state index contributed by atoms with van der Waals surface area (Å²) in [4.78, 5) is 20.1. The first-order valence-corrected chi connectivity index (χ1v) is 10.7. The lowest BCUT2D eigenvalue weighted by Gasteiger charge is -2.12. The number of pyridine rings is 1. The van der Waals surface area contributed by atoms with E-state index in [1.54, 1.807) is 45.3 Å². The first kappa shape index (κ1) is 20.7. The van der Waals surface area contributed by atoms with E-state index in [1.807, 2.05) is 0 Å². The van der Waals surface area contributed by atoms with Gasteiger partial charge in [0.05, 0.1) is 17.1 Å². The SMILES string of the molecule is CCS(=O)(=O)Cc1cc(-c2ccc(=O)n(C)c2)nc(Oc2c(C)cccc2F)n1. The van der Waals surface area contributed by atoms with Crippen molar-refractivity contribution in [2.75, 3.05) is 5.75 Å². The van der Waals surface area contributed by atoms with E-state index in [1.165, 1.54) is 22.8 Å². The molecule has 0 aliphatic heterocycles. The molecular weight excluding hydrogens is 397 g/mol. The van der Waals surface area contributed by atoms with Crippen LogP contribution in [0.1, 0.15) is 18.2 Å². The Morgan fingerprint density at radius 1 is 1.17 bits per heavy atom. The lowest BCUT2D eigenvalue weighted by Crippen LogP contribution is -2.14. The number of benzene rings is 1. The number of halogens is 1. The molecule has 3 rings (SSSR count). The van der Waals surface area contributed by atoms with E-state index in [2.05, 4.69) is 9.97 Å². The van der Waals surface area contributed by atoms with Crippen LogP contribution in [-0.4, -0.2) is 28.7 Å². The minimum atomic E-state index is -3.37. The van der Waals surface area contributed by atoms with E-state index in [0.717, 1.165) is 0 Å². The van der Waals surface area contributed by atoms with Gasteiger partial charge in [-0.25, -0.2) is 12.8 Å². The average Bonchev–Trinajstić information content (AvgIpc) is 2.66. The molecule has 0 unspecified atom stereocenters. The number of hydrogen-bond acceptors (Lipinski definition) is 6. The number of sulfone groups is 1. The third-order valence-electron chi connectivity index (χ3n) is 4.31. The summed E-state index contributed by atoms with van der Waals surface area (Å²) in [5, 5.41) is 0. The van der Waals surface area contributed by atoms with Crippen LogP contribution in [0.2, 0.25) is 0 Å². The molecule has 0 saturated carbocycles. The van der Waals surface area contributed by atoms with Crippen molar-refractivity contribution in [1.29, 1.82) is 0 Å². The van der Waals surface area contributed by atoms with E-state index < -0.39 is 15.7 Å². The van der Waals surface area contributed by atoms with Gasteiger partial charge >= 0.3 is 6.01 Å². The van der Waals surface area contributed by atoms with Gasteiger partial charge in [0, 0.05) is 30.6 Å². The number of rotatable bonds is 6. The highest BCUT2D eigenvalue weighted by Crippen LogP contribution is 2.28. The van der Waals surface area contributed by atoms with Gasteiger partial charge in [0.2, 0.25) is 5.56 Å². The van der Waals surface area contributed by atoms with Crippen LogP contribution in [0.15, 0.2) is 47.4 Å². The van der Waals surface area contributed by atoms with Gasteiger partial charge in [0.1, 0.15) is 0 Å². The quantitative estimate of drug-likeness (QED) is 0.612. The number of aromatic nitrogens is 3. The van der Waals surface area contributed by atoms with Crippen LogP contribution in [0.5, 0.6) is 11.8 Å². The van der Waals surface area contributed by atoms with Gasteiger partial charge in [0.15, 0.2) is 21.4 Å². The van der Waals surface area contributed by atoms with Crippen molar-refractivity contribution in [1.82, 2.24) is 14.5 Å². The molecule has 0 spiro atoms. The highest BCUT2D eigenvalue weighted by atomic mass is 32.2. The zero-order valence-corrected chi connectivity index (χ0v) is 17.0. The fourth-order valence-corrected chi connectivity index (χ4v) is 3.45. The molecule has 0 N–H and O–H groups in total. The van der Waals surface area contributed by atoms with E-state index in [-0.39, 0.29) is 34.5 Å². The van der Waals surface area contributed by atoms with Gasteiger partial charge in [-0.2, -0.15) is 9.97 Å². The Morgan fingerprint density at radius 3 is 2.59 bits per heavy atom. The van der Waals surface area contributed by atoms with Gasteiger partial charge in [0.25, 0.3) is 0 Å². The van der Waals surface area contributed by atoms with Gasteiger partial charge in [-0.15, -0.1) is 0 Å². The van der Waals surface area contributed by atoms with Crippen LogP contribution in [0.25, 0.3) is 11.3 Å². The maximum absolute atomic E-state index is 14.2. The molecule has 152 valence electrons. The minimum Gasteiger partial charge on any atom is -0.421 e. The van der Waals surface area contributed by atoms with Crippen molar-refractivity contribution in [2.24, 2.45) is 7.05 Å². The lowest BCUT2D eigenvalue weighted by atomic mass is 10.2. The highest BCUT2D eigenvalue weighted by Gasteiger charge is 2.17. The van der Waals surface area contributed by atoms with E-state index in [4.69, 9.17) is 4.74 Å². The van der Waals surface area contributed by atoms with Crippen LogP contribution in [0.4, 0.5) is 4.39 Å². The van der Waals surface area contributed by atoms with Gasteiger partial charge in [-0.1, -0.05) is 19.1 Å². The Labute approximate surface area is 167 Å². The van der Waals surface area contributed by atoms with Crippen molar-refractivity contribution in [3.63, 3.8) is 0 Å². The molecule has 2 heterocycles. The van der Waals surface area contributed by atoms with Crippen LogP contribution < -0.4 is 10.3 Å². The van der Waals surface area contributed by atoms with Crippen molar-refractivity contribution >= 4 is 9.84 Å². The Bertz CT molecular complexity index is 1200. The summed E-state index contributed by atoms with van der Waals surface area (Å²) in [6, 6.07) is 8.78. The van der Waals surface area contributed by atoms with Gasteiger partial charge in [-0.3, -0.25) is 4.79 Å². The maximum Gasteiger partial charge on any atom is 0.322 e. The molecule has 0 bridgehead atoms. The first-order chi connectivity index (χ1) is 13.7. The molecule has 9 heteroatoms. The molecule has 0 amide bonds. The van der Waals surface area contributed by atoms with Gasteiger partial charge < -0.3 is 9.30 Å². The molecule has 7 nitrogen and oxygen atoms in total. The Morgan fingerprint density at radius 2 is 1.93 bits per heavy atom. The minimum absolute atomic E-state index is 0.0330. The summed E-state index contributed by atoms with van der Waals surface area (Å²) in [6.07, 6.45) is 1.57. The smallest absolute Gasteiger partial charge is 0.322 e. The zero-order valence-electron chi connectivity index (χ0n) is 16.2. The van der Waals surface area contributed by atoms with Crippen molar-refractivity contribution in [3.8, 4) is 23.0 Å². The van der Waals surface area contributed by atoms with E-state index in [9.17, 15) is 17.6 Å². The number of aryl methyl sites for hydroxylation is 2. The van der Waals surface area contributed by atoms with Crippen molar-refractivity contribution in [3.05, 3.63) is 70.0 Å². The molecule has 0 fully saturated rings. The fourth-order valence-electron chi connectivity index (χ4n) is 2.65. The number of ether oxygens (including phenoxy) is 1. The summed E-state index contributed by atoms with van der Waals surface area (Å²) in [7, 11) is -1.77. The zero-order chi connectivity index (χ0) is 21.2. The number of hydrogen-bond donors (Lipinski definition) is 0. The summed E-state index contributed by atoms with van der Waals surface area (Å²) < 4.78 is 45.3. The third-order valence-corrected chi connectivity index (χ3v) is 5.92. The summed E-state index contributed by atoms with van der Waals surface area (Å²) in [5.41, 5.74) is 1.49. The second kappa shape index (κ2) is 8.12. The number of nitrogens with zero attached hydrogens (tertiary/aromatic N) is 3. The molecule has 29 heavy (non-hydrogen) atoms. The molecule has 0 aliphatic carbocycles. The second-order valence-corrected chi connectivity index (χ2v) is 8.91. The van der Waals surface area contributed by atoms with Crippen LogP contribution in [-0.2, 0) is 22.6 Å². The molecule has 0 atom stereocenters. The Hall–Kier alpha value is -3.07. The third kappa shape index (κ3) is 4.86. The predicted octanol–water partition coefficient (Wildman–Crippen LogP) is 3.02. The van der Waals surface area contributed by atoms with E-state index >= 15 is 0 Å². The van der Waals surface area contributed by atoms with Gasteiger partial charge in [-0.05, 0) is 30.7 Å².